The highest BCUT2D eigenvalue weighted by Gasteiger charge is 2.18. The second kappa shape index (κ2) is 7.05. The van der Waals surface area contributed by atoms with Crippen molar-refractivity contribution in [3.05, 3.63) is 52.1 Å². The number of rotatable bonds is 6. The summed E-state index contributed by atoms with van der Waals surface area (Å²) in [4.78, 5) is 0. The van der Waals surface area contributed by atoms with E-state index in [1.807, 2.05) is 37.8 Å². The first-order chi connectivity index (χ1) is 10.1. The molecule has 114 valence electrons. The summed E-state index contributed by atoms with van der Waals surface area (Å²) in [5.74, 6) is -0.164. The van der Waals surface area contributed by atoms with Crippen molar-refractivity contribution in [1.29, 1.82) is 0 Å². The van der Waals surface area contributed by atoms with Gasteiger partial charge in [0.15, 0.2) is 0 Å². The van der Waals surface area contributed by atoms with Crippen molar-refractivity contribution < 1.29 is 4.39 Å². The predicted octanol–water partition coefficient (Wildman–Crippen LogP) is 3.15. The Kier molecular flexibility index (Phi) is 5.37. The molecular formula is C16H21ClFN3. The molecule has 2 rings (SSSR count). The van der Waals surface area contributed by atoms with Crippen LogP contribution in [0.25, 0.3) is 0 Å². The van der Waals surface area contributed by atoms with Gasteiger partial charge in [0.05, 0.1) is 16.4 Å². The molecule has 0 aliphatic rings. The van der Waals surface area contributed by atoms with Crippen molar-refractivity contribution in [3.8, 4) is 0 Å². The summed E-state index contributed by atoms with van der Waals surface area (Å²) in [5.41, 5.74) is 2.62. The summed E-state index contributed by atoms with van der Waals surface area (Å²) in [6.07, 6.45) is 2.14. The number of hydrogen-bond donors (Lipinski definition) is 1. The normalized spacial score (nSPS) is 12.6. The SMILES string of the molecule is CCc1nn(C)c(CC(Cc2ccccc2F)NC)c1Cl. The van der Waals surface area contributed by atoms with Gasteiger partial charge in [-0.15, -0.1) is 0 Å². The molecule has 1 heterocycles. The molecule has 0 fully saturated rings. The fourth-order valence-corrected chi connectivity index (χ4v) is 2.85. The lowest BCUT2D eigenvalue weighted by molar-refractivity contribution is 0.516. The van der Waals surface area contributed by atoms with Crippen LogP contribution in [0, 0.1) is 5.82 Å². The van der Waals surface area contributed by atoms with Crippen LogP contribution < -0.4 is 5.32 Å². The maximum Gasteiger partial charge on any atom is 0.126 e. The number of hydrogen-bond acceptors (Lipinski definition) is 2. The van der Waals surface area contributed by atoms with E-state index in [1.54, 1.807) is 6.07 Å². The van der Waals surface area contributed by atoms with Gasteiger partial charge in [-0.2, -0.15) is 5.10 Å². The number of nitrogens with zero attached hydrogens (tertiary/aromatic N) is 2. The second-order valence-electron chi connectivity index (χ2n) is 5.17. The van der Waals surface area contributed by atoms with E-state index in [0.717, 1.165) is 22.8 Å². The van der Waals surface area contributed by atoms with Crippen LogP contribution in [0.5, 0.6) is 0 Å². The third kappa shape index (κ3) is 3.63. The zero-order chi connectivity index (χ0) is 15.4. The Hall–Kier alpha value is -1.39. The third-order valence-electron chi connectivity index (χ3n) is 3.78. The van der Waals surface area contributed by atoms with Gasteiger partial charge in [-0.05, 0) is 31.5 Å². The maximum absolute atomic E-state index is 13.8. The van der Waals surface area contributed by atoms with E-state index < -0.39 is 0 Å². The van der Waals surface area contributed by atoms with Crippen molar-refractivity contribution in [2.24, 2.45) is 7.05 Å². The quantitative estimate of drug-likeness (QED) is 0.888. The van der Waals surface area contributed by atoms with Gasteiger partial charge in [-0.1, -0.05) is 36.7 Å². The Morgan fingerprint density at radius 2 is 2.05 bits per heavy atom. The average Bonchev–Trinajstić information content (AvgIpc) is 2.75. The monoisotopic (exact) mass is 309 g/mol. The Bertz CT molecular complexity index is 610. The molecule has 1 aromatic heterocycles. The van der Waals surface area contributed by atoms with E-state index in [9.17, 15) is 4.39 Å². The van der Waals surface area contributed by atoms with Gasteiger partial charge in [0, 0.05) is 19.5 Å². The molecule has 0 radical (unpaired) electrons. The summed E-state index contributed by atoms with van der Waals surface area (Å²) in [5, 5.41) is 8.40. The molecule has 0 aliphatic carbocycles. The van der Waals surface area contributed by atoms with Crippen molar-refractivity contribution in [2.45, 2.75) is 32.2 Å². The van der Waals surface area contributed by atoms with Gasteiger partial charge in [-0.25, -0.2) is 4.39 Å². The molecule has 0 amide bonds. The molecule has 1 unspecified atom stereocenters. The topological polar surface area (TPSA) is 29.9 Å². The molecule has 5 heteroatoms. The number of aromatic nitrogens is 2. The molecule has 0 aliphatic heterocycles. The van der Waals surface area contributed by atoms with Gasteiger partial charge in [0.25, 0.3) is 0 Å². The van der Waals surface area contributed by atoms with Crippen LogP contribution in [-0.4, -0.2) is 22.9 Å². The van der Waals surface area contributed by atoms with Crippen LogP contribution in [0.2, 0.25) is 5.02 Å². The Balaban J connectivity index is 2.16. The Labute approximate surface area is 130 Å². The number of likely N-dealkylation sites (N-methyl/N-ethyl adjacent to an activating group) is 1. The minimum absolute atomic E-state index is 0.111. The van der Waals surface area contributed by atoms with Crippen LogP contribution in [0.4, 0.5) is 4.39 Å². The van der Waals surface area contributed by atoms with Gasteiger partial charge in [0.2, 0.25) is 0 Å². The zero-order valence-electron chi connectivity index (χ0n) is 12.7. The molecular weight excluding hydrogens is 289 g/mol. The highest BCUT2D eigenvalue weighted by molar-refractivity contribution is 6.31. The summed E-state index contributed by atoms with van der Waals surface area (Å²) in [7, 11) is 3.78. The lowest BCUT2D eigenvalue weighted by Crippen LogP contribution is -2.31. The van der Waals surface area contributed by atoms with Crippen LogP contribution in [0.1, 0.15) is 23.9 Å². The fourth-order valence-electron chi connectivity index (χ4n) is 2.48. The first-order valence-electron chi connectivity index (χ1n) is 7.17. The van der Waals surface area contributed by atoms with Crippen molar-refractivity contribution >= 4 is 11.6 Å². The molecule has 0 saturated carbocycles. The van der Waals surface area contributed by atoms with E-state index in [1.165, 1.54) is 6.07 Å². The first kappa shape index (κ1) is 16.0. The summed E-state index contributed by atoms with van der Waals surface area (Å²) < 4.78 is 15.6. The molecule has 3 nitrogen and oxygen atoms in total. The number of aryl methyl sites for hydroxylation is 2. The average molecular weight is 310 g/mol. The van der Waals surface area contributed by atoms with E-state index in [2.05, 4.69) is 10.4 Å². The lowest BCUT2D eigenvalue weighted by atomic mass is 10.0. The summed E-state index contributed by atoms with van der Waals surface area (Å²) >= 11 is 6.38. The van der Waals surface area contributed by atoms with Crippen LogP contribution in [0.15, 0.2) is 24.3 Å². The molecule has 1 atom stereocenters. The molecule has 2 aromatic rings. The van der Waals surface area contributed by atoms with E-state index in [4.69, 9.17) is 11.6 Å². The highest BCUT2D eigenvalue weighted by atomic mass is 35.5. The Morgan fingerprint density at radius 1 is 1.33 bits per heavy atom. The largest absolute Gasteiger partial charge is 0.316 e. The maximum atomic E-state index is 13.8. The standard InChI is InChI=1S/C16H21ClFN3/c1-4-14-16(17)15(21(3)20-14)10-12(19-2)9-11-7-5-6-8-13(11)18/h5-8,12,19H,4,9-10H2,1-3H3. The molecule has 0 saturated heterocycles. The first-order valence-corrected chi connectivity index (χ1v) is 7.55. The smallest absolute Gasteiger partial charge is 0.126 e. The lowest BCUT2D eigenvalue weighted by Gasteiger charge is -2.17. The minimum Gasteiger partial charge on any atom is -0.316 e. The van der Waals surface area contributed by atoms with Crippen LogP contribution in [0.3, 0.4) is 0 Å². The zero-order valence-corrected chi connectivity index (χ0v) is 13.4. The minimum atomic E-state index is -0.164. The van der Waals surface area contributed by atoms with Gasteiger partial charge in [0.1, 0.15) is 5.82 Å². The highest BCUT2D eigenvalue weighted by Crippen LogP contribution is 2.23. The van der Waals surface area contributed by atoms with E-state index in [-0.39, 0.29) is 11.9 Å². The molecule has 0 bridgehead atoms. The van der Waals surface area contributed by atoms with Crippen molar-refractivity contribution in [3.63, 3.8) is 0 Å². The molecule has 1 aromatic carbocycles. The number of nitrogens with one attached hydrogen (secondary N) is 1. The molecule has 21 heavy (non-hydrogen) atoms. The van der Waals surface area contributed by atoms with Gasteiger partial charge in [-0.3, -0.25) is 4.68 Å². The summed E-state index contributed by atoms with van der Waals surface area (Å²) in [6, 6.07) is 6.99. The van der Waals surface area contributed by atoms with Gasteiger partial charge >= 0.3 is 0 Å². The summed E-state index contributed by atoms with van der Waals surface area (Å²) in [6.45, 7) is 2.03. The van der Waals surface area contributed by atoms with Crippen LogP contribution >= 0.6 is 11.6 Å². The molecule has 0 spiro atoms. The third-order valence-corrected chi connectivity index (χ3v) is 4.21. The van der Waals surface area contributed by atoms with Crippen molar-refractivity contribution in [1.82, 2.24) is 15.1 Å². The Morgan fingerprint density at radius 3 is 2.62 bits per heavy atom. The van der Waals surface area contributed by atoms with Crippen molar-refractivity contribution in [2.75, 3.05) is 7.05 Å². The van der Waals surface area contributed by atoms with Crippen LogP contribution in [-0.2, 0) is 26.3 Å². The molecule has 1 N–H and O–H groups in total. The fraction of sp³-hybridized carbons (Fsp3) is 0.438. The predicted molar refractivity (Wildman–Crippen MR) is 84.3 cm³/mol. The second-order valence-corrected chi connectivity index (χ2v) is 5.55. The van der Waals surface area contributed by atoms with E-state index >= 15 is 0 Å². The van der Waals surface area contributed by atoms with E-state index in [0.29, 0.717) is 18.4 Å². The number of benzene rings is 1. The number of halogens is 2. The van der Waals surface area contributed by atoms with Gasteiger partial charge < -0.3 is 5.32 Å².